The molecule has 1 aliphatic rings. The summed E-state index contributed by atoms with van der Waals surface area (Å²) in [5, 5.41) is 9.37. The Balaban J connectivity index is 2.71. The van der Waals surface area contributed by atoms with Crippen molar-refractivity contribution in [3.8, 4) is 0 Å². The van der Waals surface area contributed by atoms with E-state index >= 15 is 0 Å². The molecule has 0 fully saturated rings. The van der Waals surface area contributed by atoms with Crippen LogP contribution in [0.15, 0.2) is 47.8 Å². The number of aliphatic hydroxyl groups excluding tert-OH is 1. The number of hydrogen-bond acceptors (Lipinski definition) is 1. The molecule has 0 aromatic rings. The first-order valence-electron chi connectivity index (χ1n) is 3.79. The number of allylic oxidation sites excluding steroid dienone is 7. The second-order valence-corrected chi connectivity index (χ2v) is 2.37. The standard InChI is InChI=1S/C10H12O/c1-2-3-8-10(11)9-6-4-5-7-9/h3-8,11H,2H2,1H3. The summed E-state index contributed by atoms with van der Waals surface area (Å²) in [7, 11) is 0. The molecular weight excluding hydrogens is 136 g/mol. The number of hydrogen-bond donors (Lipinski definition) is 1. The number of rotatable bonds is 2. The van der Waals surface area contributed by atoms with Gasteiger partial charge < -0.3 is 5.11 Å². The summed E-state index contributed by atoms with van der Waals surface area (Å²) in [4.78, 5) is 0. The van der Waals surface area contributed by atoms with E-state index < -0.39 is 0 Å². The molecule has 0 saturated carbocycles. The van der Waals surface area contributed by atoms with Crippen molar-refractivity contribution in [2.75, 3.05) is 0 Å². The molecular formula is C10H12O. The van der Waals surface area contributed by atoms with Crippen LogP contribution in [0.25, 0.3) is 0 Å². The van der Waals surface area contributed by atoms with Crippen molar-refractivity contribution >= 4 is 0 Å². The summed E-state index contributed by atoms with van der Waals surface area (Å²) in [5.74, 6) is 0.344. The van der Waals surface area contributed by atoms with E-state index in [-0.39, 0.29) is 0 Å². The predicted octanol–water partition coefficient (Wildman–Crippen LogP) is 2.89. The zero-order valence-corrected chi connectivity index (χ0v) is 6.62. The molecule has 0 bridgehead atoms. The van der Waals surface area contributed by atoms with Crippen molar-refractivity contribution in [1.29, 1.82) is 0 Å². The summed E-state index contributed by atoms with van der Waals surface area (Å²) < 4.78 is 0. The van der Waals surface area contributed by atoms with E-state index in [1.165, 1.54) is 0 Å². The van der Waals surface area contributed by atoms with Crippen molar-refractivity contribution < 1.29 is 5.11 Å². The highest BCUT2D eigenvalue weighted by atomic mass is 16.3. The molecule has 0 unspecified atom stereocenters. The lowest BCUT2D eigenvalue weighted by Crippen LogP contribution is -1.78. The molecule has 0 saturated heterocycles. The normalized spacial score (nSPS) is 15.2. The van der Waals surface area contributed by atoms with Crippen molar-refractivity contribution in [3.05, 3.63) is 47.8 Å². The molecule has 11 heavy (non-hydrogen) atoms. The van der Waals surface area contributed by atoms with Gasteiger partial charge in [-0.2, -0.15) is 0 Å². The van der Waals surface area contributed by atoms with Gasteiger partial charge in [0.15, 0.2) is 0 Å². The molecule has 1 N–H and O–H groups in total. The lowest BCUT2D eigenvalue weighted by molar-refractivity contribution is 0.429. The molecule has 1 nitrogen and oxygen atoms in total. The van der Waals surface area contributed by atoms with Gasteiger partial charge in [0.05, 0.1) is 0 Å². The minimum absolute atomic E-state index is 0.344. The molecule has 0 heterocycles. The van der Waals surface area contributed by atoms with Crippen molar-refractivity contribution in [1.82, 2.24) is 0 Å². The first-order valence-corrected chi connectivity index (χ1v) is 3.79. The monoisotopic (exact) mass is 148 g/mol. The molecule has 1 rings (SSSR count). The highest BCUT2D eigenvalue weighted by molar-refractivity contribution is 5.44. The lowest BCUT2D eigenvalue weighted by Gasteiger charge is -1.92. The third-order valence-electron chi connectivity index (χ3n) is 1.47. The Labute approximate surface area is 67.1 Å². The lowest BCUT2D eigenvalue weighted by atomic mass is 10.2. The zero-order valence-electron chi connectivity index (χ0n) is 6.62. The Bertz CT molecular complexity index is 228. The fourth-order valence-electron chi connectivity index (χ4n) is 0.870. The van der Waals surface area contributed by atoms with Gasteiger partial charge in [0.25, 0.3) is 0 Å². The van der Waals surface area contributed by atoms with Gasteiger partial charge in [0.1, 0.15) is 5.76 Å². The van der Waals surface area contributed by atoms with Crippen LogP contribution in [-0.2, 0) is 0 Å². The third kappa shape index (κ3) is 2.11. The van der Waals surface area contributed by atoms with Crippen LogP contribution >= 0.6 is 0 Å². The SMILES string of the molecule is CCC=CC(O)=C1C=CC=C1. The van der Waals surface area contributed by atoms with E-state index in [4.69, 9.17) is 0 Å². The Hall–Kier alpha value is -1.24. The van der Waals surface area contributed by atoms with Crippen LogP contribution in [0.4, 0.5) is 0 Å². The summed E-state index contributed by atoms with van der Waals surface area (Å²) in [5.41, 5.74) is 0.884. The van der Waals surface area contributed by atoms with Crippen molar-refractivity contribution in [3.63, 3.8) is 0 Å². The Kier molecular flexibility index (Phi) is 2.73. The summed E-state index contributed by atoms with van der Waals surface area (Å²) in [6.45, 7) is 2.04. The summed E-state index contributed by atoms with van der Waals surface area (Å²) in [6.07, 6.45) is 12.2. The Morgan fingerprint density at radius 3 is 2.64 bits per heavy atom. The average Bonchev–Trinajstić information content (AvgIpc) is 2.52. The van der Waals surface area contributed by atoms with E-state index in [0.29, 0.717) is 5.76 Å². The van der Waals surface area contributed by atoms with Crippen molar-refractivity contribution in [2.45, 2.75) is 13.3 Å². The molecule has 1 heteroatoms. The highest BCUT2D eigenvalue weighted by Gasteiger charge is 1.96. The minimum Gasteiger partial charge on any atom is -0.507 e. The van der Waals surface area contributed by atoms with Gasteiger partial charge in [-0.1, -0.05) is 37.3 Å². The van der Waals surface area contributed by atoms with Crippen LogP contribution < -0.4 is 0 Å². The summed E-state index contributed by atoms with van der Waals surface area (Å²) in [6, 6.07) is 0. The van der Waals surface area contributed by atoms with Gasteiger partial charge in [-0.25, -0.2) is 0 Å². The smallest absolute Gasteiger partial charge is 0.122 e. The van der Waals surface area contributed by atoms with E-state index in [2.05, 4.69) is 0 Å². The molecule has 0 aromatic heterocycles. The minimum atomic E-state index is 0.344. The summed E-state index contributed by atoms with van der Waals surface area (Å²) >= 11 is 0. The zero-order chi connectivity index (χ0) is 8.10. The molecule has 0 aromatic carbocycles. The first-order chi connectivity index (χ1) is 5.34. The molecule has 0 amide bonds. The fourth-order valence-corrected chi connectivity index (χ4v) is 0.870. The maximum Gasteiger partial charge on any atom is 0.122 e. The highest BCUT2D eigenvalue weighted by Crippen LogP contribution is 2.12. The van der Waals surface area contributed by atoms with Crippen LogP contribution in [-0.4, -0.2) is 5.11 Å². The van der Waals surface area contributed by atoms with Crippen LogP contribution in [0.1, 0.15) is 13.3 Å². The molecule has 0 atom stereocenters. The Morgan fingerprint density at radius 1 is 1.45 bits per heavy atom. The second kappa shape index (κ2) is 3.81. The van der Waals surface area contributed by atoms with E-state index in [1.807, 2.05) is 37.3 Å². The second-order valence-electron chi connectivity index (χ2n) is 2.37. The first kappa shape index (κ1) is 7.86. The molecule has 0 aliphatic heterocycles. The predicted molar refractivity (Wildman–Crippen MR) is 47.4 cm³/mol. The number of aliphatic hydroxyl groups is 1. The third-order valence-corrected chi connectivity index (χ3v) is 1.47. The molecule has 0 spiro atoms. The van der Waals surface area contributed by atoms with Crippen molar-refractivity contribution in [2.24, 2.45) is 0 Å². The van der Waals surface area contributed by atoms with Gasteiger partial charge in [0, 0.05) is 5.57 Å². The Morgan fingerprint density at radius 2 is 2.09 bits per heavy atom. The van der Waals surface area contributed by atoms with Gasteiger partial charge in [-0.05, 0) is 12.5 Å². The van der Waals surface area contributed by atoms with E-state index in [0.717, 1.165) is 12.0 Å². The van der Waals surface area contributed by atoms with Gasteiger partial charge in [-0.15, -0.1) is 0 Å². The van der Waals surface area contributed by atoms with Crippen LogP contribution in [0.5, 0.6) is 0 Å². The largest absolute Gasteiger partial charge is 0.507 e. The maximum absolute atomic E-state index is 9.37. The van der Waals surface area contributed by atoms with Crippen LogP contribution in [0.2, 0.25) is 0 Å². The fraction of sp³-hybridized carbons (Fsp3) is 0.200. The van der Waals surface area contributed by atoms with Crippen LogP contribution in [0.3, 0.4) is 0 Å². The average molecular weight is 148 g/mol. The molecule has 58 valence electrons. The molecule has 1 aliphatic carbocycles. The van der Waals surface area contributed by atoms with E-state index in [9.17, 15) is 5.11 Å². The van der Waals surface area contributed by atoms with Gasteiger partial charge in [-0.3, -0.25) is 0 Å². The quantitative estimate of drug-likeness (QED) is 0.597. The van der Waals surface area contributed by atoms with E-state index in [1.54, 1.807) is 6.08 Å². The molecule has 0 radical (unpaired) electrons. The topological polar surface area (TPSA) is 20.2 Å². The van der Waals surface area contributed by atoms with Gasteiger partial charge in [0.2, 0.25) is 0 Å². The van der Waals surface area contributed by atoms with Crippen LogP contribution in [0, 0.1) is 0 Å². The maximum atomic E-state index is 9.37. The van der Waals surface area contributed by atoms with Gasteiger partial charge >= 0.3 is 0 Å².